The van der Waals surface area contributed by atoms with Crippen LogP contribution in [0, 0.1) is 6.92 Å². The lowest BCUT2D eigenvalue weighted by Crippen LogP contribution is -2.22. The Morgan fingerprint density at radius 3 is 2.67 bits per heavy atom. The van der Waals surface area contributed by atoms with Gasteiger partial charge < -0.3 is 11.1 Å². The van der Waals surface area contributed by atoms with Gasteiger partial charge in [0.15, 0.2) is 0 Å². The zero-order valence-electron chi connectivity index (χ0n) is 11.9. The van der Waals surface area contributed by atoms with E-state index in [0.29, 0.717) is 5.69 Å². The molecule has 0 heterocycles. The number of nitrogens with two attached hydrogens (primary N) is 1. The SMILES string of the molecule is Cc1cc(N)ccc1NC(=O)C(C)Sc1ccccc1Br. The smallest absolute Gasteiger partial charge is 0.237 e. The van der Waals surface area contributed by atoms with Gasteiger partial charge in [-0.1, -0.05) is 12.1 Å². The van der Waals surface area contributed by atoms with Crippen LogP contribution in [0.1, 0.15) is 12.5 Å². The number of carbonyl (C=O) groups is 1. The highest BCUT2D eigenvalue weighted by molar-refractivity contribution is 9.10. The molecule has 1 amide bonds. The van der Waals surface area contributed by atoms with Gasteiger partial charge in [-0.05, 0) is 65.7 Å². The molecule has 0 aromatic heterocycles. The van der Waals surface area contributed by atoms with Crippen LogP contribution in [0.5, 0.6) is 0 Å². The van der Waals surface area contributed by atoms with Gasteiger partial charge in [-0.2, -0.15) is 0 Å². The molecule has 0 aliphatic rings. The van der Waals surface area contributed by atoms with Crippen molar-refractivity contribution in [3.8, 4) is 0 Å². The molecule has 0 aliphatic carbocycles. The second-order valence-corrected chi connectivity index (χ2v) is 6.99. The highest BCUT2D eigenvalue weighted by Gasteiger charge is 2.16. The molecular weight excluding hydrogens is 348 g/mol. The van der Waals surface area contributed by atoms with Gasteiger partial charge in [0.25, 0.3) is 0 Å². The van der Waals surface area contributed by atoms with E-state index in [1.54, 1.807) is 6.07 Å². The predicted octanol–water partition coefficient (Wildman–Crippen LogP) is 4.46. The fourth-order valence-electron chi connectivity index (χ4n) is 1.85. The Hall–Kier alpha value is -1.46. The van der Waals surface area contributed by atoms with Gasteiger partial charge >= 0.3 is 0 Å². The molecule has 2 aromatic rings. The summed E-state index contributed by atoms with van der Waals surface area (Å²) < 4.78 is 0.998. The van der Waals surface area contributed by atoms with E-state index in [0.717, 1.165) is 20.6 Å². The zero-order chi connectivity index (χ0) is 15.4. The standard InChI is InChI=1S/C16H17BrN2OS/c1-10-9-12(18)7-8-14(10)19-16(20)11(2)21-15-6-4-3-5-13(15)17/h3-9,11H,18H2,1-2H3,(H,19,20). The molecule has 0 bridgehead atoms. The first-order valence-corrected chi connectivity index (χ1v) is 8.23. The van der Waals surface area contributed by atoms with Gasteiger partial charge in [0, 0.05) is 20.7 Å². The summed E-state index contributed by atoms with van der Waals surface area (Å²) in [6.07, 6.45) is 0. The maximum Gasteiger partial charge on any atom is 0.237 e. The van der Waals surface area contributed by atoms with Gasteiger partial charge in [-0.3, -0.25) is 4.79 Å². The molecule has 3 N–H and O–H groups in total. The molecular formula is C16H17BrN2OS. The van der Waals surface area contributed by atoms with E-state index < -0.39 is 0 Å². The highest BCUT2D eigenvalue weighted by Crippen LogP contribution is 2.31. The van der Waals surface area contributed by atoms with E-state index >= 15 is 0 Å². The van der Waals surface area contributed by atoms with Gasteiger partial charge in [-0.25, -0.2) is 0 Å². The minimum atomic E-state index is -0.194. The average Bonchev–Trinajstić information content (AvgIpc) is 2.44. The third-order valence-corrected chi connectivity index (χ3v) is 5.15. The van der Waals surface area contributed by atoms with Crippen LogP contribution < -0.4 is 11.1 Å². The lowest BCUT2D eigenvalue weighted by Gasteiger charge is -2.14. The summed E-state index contributed by atoms with van der Waals surface area (Å²) in [5.41, 5.74) is 8.17. The number of nitrogens with one attached hydrogen (secondary N) is 1. The fourth-order valence-corrected chi connectivity index (χ4v) is 3.30. The van der Waals surface area contributed by atoms with Crippen LogP contribution in [0.15, 0.2) is 51.8 Å². The van der Waals surface area contributed by atoms with Crippen molar-refractivity contribution in [3.63, 3.8) is 0 Å². The number of halogens is 1. The summed E-state index contributed by atoms with van der Waals surface area (Å²) in [6, 6.07) is 13.3. The molecule has 0 saturated heterocycles. The van der Waals surface area contributed by atoms with Gasteiger partial charge in [-0.15, -0.1) is 11.8 Å². The Balaban J connectivity index is 2.04. The second-order valence-electron chi connectivity index (χ2n) is 4.75. The zero-order valence-corrected chi connectivity index (χ0v) is 14.3. The number of anilines is 2. The number of rotatable bonds is 4. The maximum atomic E-state index is 12.3. The summed E-state index contributed by atoms with van der Waals surface area (Å²) in [7, 11) is 0. The molecule has 5 heteroatoms. The topological polar surface area (TPSA) is 55.1 Å². The van der Waals surface area contributed by atoms with E-state index in [2.05, 4.69) is 21.2 Å². The molecule has 1 atom stereocenters. The lowest BCUT2D eigenvalue weighted by molar-refractivity contribution is -0.115. The second kappa shape index (κ2) is 7.00. The van der Waals surface area contributed by atoms with Crippen LogP contribution in [0.25, 0.3) is 0 Å². The van der Waals surface area contributed by atoms with Crippen LogP contribution in [0.4, 0.5) is 11.4 Å². The fraction of sp³-hybridized carbons (Fsp3) is 0.188. The van der Waals surface area contributed by atoms with Crippen molar-refractivity contribution in [3.05, 3.63) is 52.5 Å². The number of amides is 1. The van der Waals surface area contributed by atoms with Crippen LogP contribution in [-0.4, -0.2) is 11.2 Å². The normalized spacial score (nSPS) is 12.0. The van der Waals surface area contributed by atoms with Gasteiger partial charge in [0.1, 0.15) is 0 Å². The van der Waals surface area contributed by atoms with Crippen molar-refractivity contribution >= 4 is 45.0 Å². The number of carbonyl (C=O) groups excluding carboxylic acids is 1. The summed E-state index contributed by atoms with van der Waals surface area (Å²) in [5.74, 6) is -0.0244. The molecule has 0 radical (unpaired) electrons. The molecule has 1 unspecified atom stereocenters. The van der Waals surface area contributed by atoms with Crippen molar-refractivity contribution in [2.24, 2.45) is 0 Å². The van der Waals surface area contributed by atoms with Gasteiger partial charge in [0.2, 0.25) is 5.91 Å². The quantitative estimate of drug-likeness (QED) is 0.621. The number of nitrogen functional groups attached to an aromatic ring is 1. The Labute approximate surface area is 137 Å². The van der Waals surface area contributed by atoms with Crippen molar-refractivity contribution in [2.75, 3.05) is 11.1 Å². The first-order valence-electron chi connectivity index (χ1n) is 6.55. The van der Waals surface area contributed by atoms with E-state index in [4.69, 9.17) is 5.73 Å². The first-order chi connectivity index (χ1) is 9.97. The number of hydrogen-bond acceptors (Lipinski definition) is 3. The van der Waals surface area contributed by atoms with E-state index in [9.17, 15) is 4.79 Å². The number of thioether (sulfide) groups is 1. The molecule has 2 aromatic carbocycles. The third-order valence-electron chi connectivity index (χ3n) is 3.02. The number of benzene rings is 2. The van der Waals surface area contributed by atoms with Crippen LogP contribution in [0.2, 0.25) is 0 Å². The Morgan fingerprint density at radius 1 is 1.29 bits per heavy atom. The molecule has 0 saturated carbocycles. The Kier molecular flexibility index (Phi) is 5.31. The molecule has 21 heavy (non-hydrogen) atoms. The third kappa shape index (κ3) is 4.25. The average molecular weight is 365 g/mol. The summed E-state index contributed by atoms with van der Waals surface area (Å²) in [6.45, 7) is 3.82. The van der Waals surface area contributed by atoms with Crippen LogP contribution >= 0.6 is 27.7 Å². The molecule has 0 aliphatic heterocycles. The molecule has 2 rings (SSSR count). The minimum Gasteiger partial charge on any atom is -0.399 e. The monoisotopic (exact) mass is 364 g/mol. The van der Waals surface area contributed by atoms with Crippen molar-refractivity contribution in [2.45, 2.75) is 24.0 Å². The molecule has 0 spiro atoms. The molecule has 3 nitrogen and oxygen atoms in total. The van der Waals surface area contributed by atoms with Crippen molar-refractivity contribution in [1.82, 2.24) is 0 Å². The van der Waals surface area contributed by atoms with Crippen molar-refractivity contribution in [1.29, 1.82) is 0 Å². The number of aryl methyl sites for hydroxylation is 1. The Morgan fingerprint density at radius 2 is 2.00 bits per heavy atom. The number of hydrogen-bond donors (Lipinski definition) is 2. The minimum absolute atomic E-state index is 0.0244. The van der Waals surface area contributed by atoms with Crippen molar-refractivity contribution < 1.29 is 4.79 Å². The largest absolute Gasteiger partial charge is 0.399 e. The van der Waals surface area contributed by atoms with E-state index in [1.807, 2.05) is 50.2 Å². The van der Waals surface area contributed by atoms with E-state index in [-0.39, 0.29) is 11.2 Å². The van der Waals surface area contributed by atoms with Gasteiger partial charge in [0.05, 0.1) is 5.25 Å². The van der Waals surface area contributed by atoms with E-state index in [1.165, 1.54) is 11.8 Å². The molecule has 0 fully saturated rings. The lowest BCUT2D eigenvalue weighted by atomic mass is 10.2. The Bertz CT molecular complexity index is 660. The summed E-state index contributed by atoms with van der Waals surface area (Å²) >= 11 is 5.02. The summed E-state index contributed by atoms with van der Waals surface area (Å²) in [5, 5.41) is 2.75. The maximum absolute atomic E-state index is 12.3. The molecule has 110 valence electrons. The summed E-state index contributed by atoms with van der Waals surface area (Å²) in [4.78, 5) is 13.3. The van der Waals surface area contributed by atoms with Crippen LogP contribution in [-0.2, 0) is 4.79 Å². The highest BCUT2D eigenvalue weighted by atomic mass is 79.9. The first kappa shape index (κ1) is 15.9. The predicted molar refractivity (Wildman–Crippen MR) is 93.7 cm³/mol. The van der Waals surface area contributed by atoms with Crippen LogP contribution in [0.3, 0.4) is 0 Å².